The van der Waals surface area contributed by atoms with E-state index < -0.39 is 0 Å². The first-order valence-electron chi connectivity index (χ1n) is 7.25. The lowest BCUT2D eigenvalue weighted by molar-refractivity contribution is -0.0995. The van der Waals surface area contributed by atoms with Crippen molar-refractivity contribution in [3.05, 3.63) is 0 Å². The van der Waals surface area contributed by atoms with E-state index in [4.69, 9.17) is 10.5 Å². The molecule has 2 rings (SSSR count). The Morgan fingerprint density at radius 1 is 1.29 bits per heavy atom. The Morgan fingerprint density at radius 2 is 2.00 bits per heavy atom. The molecule has 2 aliphatic heterocycles. The Morgan fingerprint density at radius 3 is 2.59 bits per heavy atom. The van der Waals surface area contributed by atoms with Crippen LogP contribution in [0.25, 0.3) is 0 Å². The predicted molar refractivity (Wildman–Crippen MR) is 71.0 cm³/mol. The molecule has 3 heteroatoms. The van der Waals surface area contributed by atoms with Gasteiger partial charge in [-0.15, -0.1) is 0 Å². The fourth-order valence-corrected chi connectivity index (χ4v) is 3.21. The van der Waals surface area contributed by atoms with Crippen LogP contribution in [0.3, 0.4) is 0 Å². The minimum Gasteiger partial charge on any atom is -0.375 e. The molecule has 2 N–H and O–H groups in total. The van der Waals surface area contributed by atoms with Crippen LogP contribution in [-0.2, 0) is 4.74 Å². The second-order valence-corrected chi connectivity index (χ2v) is 6.01. The molecule has 2 saturated heterocycles. The highest BCUT2D eigenvalue weighted by atomic mass is 16.5. The van der Waals surface area contributed by atoms with Crippen LogP contribution in [0.4, 0.5) is 0 Å². The van der Waals surface area contributed by atoms with Gasteiger partial charge < -0.3 is 15.4 Å². The van der Waals surface area contributed by atoms with Gasteiger partial charge in [0.25, 0.3) is 0 Å². The molecule has 100 valence electrons. The molecule has 2 atom stereocenters. The Balaban J connectivity index is 1.86. The molecule has 0 saturated carbocycles. The Hall–Kier alpha value is -0.120. The SMILES string of the molecule is CCC1(C)CC(N2CCC(CN)CC2)CCO1. The standard InChI is InChI=1S/C14H28N2O/c1-3-14(2)10-13(6-9-17-14)16-7-4-12(11-15)5-8-16/h12-13H,3-11,15H2,1-2H3. The summed E-state index contributed by atoms with van der Waals surface area (Å²) in [5.41, 5.74) is 5.87. The third-order valence-electron chi connectivity index (χ3n) is 4.82. The minimum atomic E-state index is 0.119. The van der Waals surface area contributed by atoms with Gasteiger partial charge >= 0.3 is 0 Å². The van der Waals surface area contributed by atoms with Gasteiger partial charge in [0.2, 0.25) is 0 Å². The molecule has 0 aromatic rings. The van der Waals surface area contributed by atoms with Crippen molar-refractivity contribution in [1.82, 2.24) is 4.90 Å². The van der Waals surface area contributed by atoms with Gasteiger partial charge in [-0.3, -0.25) is 0 Å². The van der Waals surface area contributed by atoms with E-state index in [1.54, 1.807) is 0 Å². The number of likely N-dealkylation sites (tertiary alicyclic amines) is 1. The second-order valence-electron chi connectivity index (χ2n) is 6.01. The fourth-order valence-electron chi connectivity index (χ4n) is 3.21. The zero-order valence-electron chi connectivity index (χ0n) is 11.5. The molecule has 3 nitrogen and oxygen atoms in total. The number of piperidine rings is 1. The quantitative estimate of drug-likeness (QED) is 0.820. The lowest BCUT2D eigenvalue weighted by Gasteiger charge is -2.44. The molecule has 2 heterocycles. The summed E-state index contributed by atoms with van der Waals surface area (Å²) in [6.07, 6.45) is 6.12. The monoisotopic (exact) mass is 240 g/mol. The molecule has 0 amide bonds. The van der Waals surface area contributed by atoms with Gasteiger partial charge in [-0.05, 0) is 64.6 Å². The maximum atomic E-state index is 5.93. The van der Waals surface area contributed by atoms with Crippen molar-refractivity contribution in [2.24, 2.45) is 11.7 Å². The summed E-state index contributed by atoms with van der Waals surface area (Å²) < 4.78 is 5.93. The maximum absolute atomic E-state index is 5.93. The van der Waals surface area contributed by atoms with Gasteiger partial charge in [-0.1, -0.05) is 6.92 Å². The lowest BCUT2D eigenvalue weighted by Crippen LogP contribution is -2.50. The van der Waals surface area contributed by atoms with E-state index in [0.29, 0.717) is 0 Å². The van der Waals surface area contributed by atoms with Gasteiger partial charge in [-0.25, -0.2) is 0 Å². The van der Waals surface area contributed by atoms with Crippen LogP contribution in [0.2, 0.25) is 0 Å². The topological polar surface area (TPSA) is 38.5 Å². The molecule has 0 spiro atoms. The molecule has 2 aliphatic rings. The molecule has 17 heavy (non-hydrogen) atoms. The van der Waals surface area contributed by atoms with E-state index in [1.165, 1.54) is 38.8 Å². The first-order valence-corrected chi connectivity index (χ1v) is 7.25. The molecule has 0 bridgehead atoms. The number of ether oxygens (including phenoxy) is 1. The minimum absolute atomic E-state index is 0.119. The van der Waals surface area contributed by atoms with Crippen LogP contribution in [0, 0.1) is 5.92 Å². The molecule has 0 radical (unpaired) electrons. The summed E-state index contributed by atoms with van der Waals surface area (Å²) in [4.78, 5) is 2.68. The van der Waals surface area contributed by atoms with Gasteiger partial charge in [0, 0.05) is 12.6 Å². The summed E-state index contributed by atoms with van der Waals surface area (Å²) in [5.74, 6) is 0.767. The predicted octanol–water partition coefficient (Wildman–Crippen LogP) is 2.00. The largest absolute Gasteiger partial charge is 0.375 e. The van der Waals surface area contributed by atoms with Crippen molar-refractivity contribution >= 4 is 0 Å². The second kappa shape index (κ2) is 5.68. The number of nitrogens with zero attached hydrogens (tertiary/aromatic N) is 1. The zero-order valence-corrected chi connectivity index (χ0v) is 11.5. The van der Waals surface area contributed by atoms with Crippen LogP contribution in [0.5, 0.6) is 0 Å². The Kier molecular flexibility index (Phi) is 4.45. The summed E-state index contributed by atoms with van der Waals surface area (Å²) in [6.45, 7) is 8.80. The van der Waals surface area contributed by atoms with Crippen molar-refractivity contribution in [1.29, 1.82) is 0 Å². The number of hydrogen-bond donors (Lipinski definition) is 1. The van der Waals surface area contributed by atoms with Crippen LogP contribution < -0.4 is 5.73 Å². The van der Waals surface area contributed by atoms with E-state index in [2.05, 4.69) is 18.7 Å². The average Bonchev–Trinajstić information content (AvgIpc) is 2.39. The number of nitrogens with two attached hydrogens (primary N) is 1. The number of rotatable bonds is 3. The lowest BCUT2D eigenvalue weighted by atomic mass is 9.87. The summed E-state index contributed by atoms with van der Waals surface area (Å²) in [7, 11) is 0. The van der Waals surface area contributed by atoms with Gasteiger partial charge in [-0.2, -0.15) is 0 Å². The van der Waals surface area contributed by atoms with Crippen molar-refractivity contribution in [3.63, 3.8) is 0 Å². The van der Waals surface area contributed by atoms with Crippen LogP contribution in [0.1, 0.15) is 46.0 Å². The molecule has 0 aromatic carbocycles. The molecular weight excluding hydrogens is 212 g/mol. The van der Waals surface area contributed by atoms with Gasteiger partial charge in [0.1, 0.15) is 0 Å². The smallest absolute Gasteiger partial charge is 0.0666 e. The molecule has 2 fully saturated rings. The van der Waals surface area contributed by atoms with Crippen molar-refractivity contribution in [3.8, 4) is 0 Å². The summed E-state index contributed by atoms with van der Waals surface area (Å²) in [5, 5.41) is 0. The van der Waals surface area contributed by atoms with Gasteiger partial charge in [0.15, 0.2) is 0 Å². The third-order valence-corrected chi connectivity index (χ3v) is 4.82. The normalized spacial score (nSPS) is 37.2. The highest BCUT2D eigenvalue weighted by Crippen LogP contribution is 2.32. The van der Waals surface area contributed by atoms with E-state index >= 15 is 0 Å². The summed E-state index contributed by atoms with van der Waals surface area (Å²) in [6, 6.07) is 0.743. The molecule has 2 unspecified atom stereocenters. The molecule has 0 aromatic heterocycles. The van der Waals surface area contributed by atoms with Crippen molar-refractivity contribution < 1.29 is 4.74 Å². The zero-order chi connectivity index (χ0) is 12.3. The van der Waals surface area contributed by atoms with Crippen molar-refractivity contribution in [2.45, 2.75) is 57.6 Å². The molecule has 0 aliphatic carbocycles. The van der Waals surface area contributed by atoms with E-state index in [9.17, 15) is 0 Å². The third kappa shape index (κ3) is 3.21. The first kappa shape index (κ1) is 13.3. The van der Waals surface area contributed by atoms with Crippen LogP contribution >= 0.6 is 0 Å². The van der Waals surface area contributed by atoms with Gasteiger partial charge in [0.05, 0.1) is 5.60 Å². The van der Waals surface area contributed by atoms with E-state index in [0.717, 1.165) is 31.5 Å². The average molecular weight is 240 g/mol. The fraction of sp³-hybridized carbons (Fsp3) is 1.00. The van der Waals surface area contributed by atoms with Crippen molar-refractivity contribution in [2.75, 3.05) is 26.2 Å². The molecular formula is C14H28N2O. The highest BCUT2D eigenvalue weighted by Gasteiger charge is 2.35. The van der Waals surface area contributed by atoms with Crippen LogP contribution in [0.15, 0.2) is 0 Å². The highest BCUT2D eigenvalue weighted by molar-refractivity contribution is 4.88. The maximum Gasteiger partial charge on any atom is 0.0666 e. The Labute approximate surface area is 106 Å². The van der Waals surface area contributed by atoms with E-state index in [1.807, 2.05) is 0 Å². The van der Waals surface area contributed by atoms with E-state index in [-0.39, 0.29) is 5.60 Å². The number of hydrogen-bond acceptors (Lipinski definition) is 3. The Bertz CT molecular complexity index is 238. The first-order chi connectivity index (χ1) is 8.17. The summed E-state index contributed by atoms with van der Waals surface area (Å²) >= 11 is 0. The van der Waals surface area contributed by atoms with Crippen LogP contribution in [-0.4, -0.2) is 42.8 Å².